The Morgan fingerprint density at radius 3 is 1.97 bits per heavy atom. The summed E-state index contributed by atoms with van der Waals surface area (Å²) < 4.78 is 48.5. The number of unbranched alkanes of at least 4 members (excludes halogenated alkanes) is 2. The number of imidazole rings is 1. The first-order chi connectivity index (χ1) is 32.6. The first kappa shape index (κ1) is 53.4. The number of nitrogens with two attached hydrogens (primary N) is 1. The molecule has 0 bridgehead atoms. The van der Waals surface area contributed by atoms with Crippen molar-refractivity contribution in [3.05, 3.63) is 35.2 Å². The number of rotatable bonds is 36. The SMILES string of the molecule is CCCCc1nc2c(N)nc3ccsc3c2n1CC1CCN(CCOCCOCCOCCOCCOCCOCCOCCOCCNC(=O)CCCC#Cc2cnc(SC)nc2)CC1. The molecule has 0 spiro atoms. The quantitative estimate of drug-likeness (QED) is 0.0260. The number of anilines is 1. The third-order valence-corrected chi connectivity index (χ3v) is 12.3. The number of nitrogen functional groups attached to an aromatic ring is 1. The normalized spacial score (nSPS) is 13.5. The molecule has 17 nitrogen and oxygen atoms in total. The molecular formula is C47H72N8O9S2. The highest BCUT2D eigenvalue weighted by Gasteiger charge is 2.24. The van der Waals surface area contributed by atoms with Gasteiger partial charge in [-0.1, -0.05) is 36.9 Å². The summed E-state index contributed by atoms with van der Waals surface area (Å²) in [4.78, 5) is 32.5. The van der Waals surface area contributed by atoms with Gasteiger partial charge >= 0.3 is 0 Å². The number of hydrogen-bond donors (Lipinski definition) is 2. The van der Waals surface area contributed by atoms with Crippen LogP contribution in [0.2, 0.25) is 0 Å². The van der Waals surface area contributed by atoms with Crippen molar-refractivity contribution >= 4 is 56.1 Å². The fourth-order valence-electron chi connectivity index (χ4n) is 7.21. The van der Waals surface area contributed by atoms with Crippen LogP contribution in [0, 0.1) is 17.8 Å². The summed E-state index contributed by atoms with van der Waals surface area (Å²) in [6, 6.07) is 2.06. The minimum Gasteiger partial charge on any atom is -0.382 e. The number of likely N-dealkylation sites (tertiary alicyclic amines) is 1. The molecule has 366 valence electrons. The highest BCUT2D eigenvalue weighted by atomic mass is 32.2. The zero-order chi connectivity index (χ0) is 46.3. The van der Waals surface area contributed by atoms with Gasteiger partial charge in [0.05, 0.1) is 127 Å². The van der Waals surface area contributed by atoms with Crippen LogP contribution < -0.4 is 11.1 Å². The number of fused-ring (bicyclic) bond motifs is 3. The van der Waals surface area contributed by atoms with Crippen molar-refractivity contribution in [2.24, 2.45) is 5.92 Å². The second-order valence-corrected chi connectivity index (χ2v) is 17.4. The van der Waals surface area contributed by atoms with Gasteiger partial charge < -0.3 is 58.4 Å². The van der Waals surface area contributed by atoms with Crippen LogP contribution in [0.3, 0.4) is 0 Å². The van der Waals surface area contributed by atoms with Gasteiger partial charge in [0.2, 0.25) is 5.91 Å². The van der Waals surface area contributed by atoms with Gasteiger partial charge in [0.15, 0.2) is 11.0 Å². The summed E-state index contributed by atoms with van der Waals surface area (Å²) in [5.41, 5.74) is 10.2. The molecule has 1 aliphatic rings. The van der Waals surface area contributed by atoms with E-state index in [-0.39, 0.29) is 5.91 Å². The Morgan fingerprint density at radius 2 is 1.39 bits per heavy atom. The van der Waals surface area contributed by atoms with Gasteiger partial charge in [-0.15, -0.1) is 11.3 Å². The van der Waals surface area contributed by atoms with Crippen LogP contribution in [0.25, 0.3) is 21.3 Å². The van der Waals surface area contributed by atoms with E-state index in [1.54, 1.807) is 23.7 Å². The summed E-state index contributed by atoms with van der Waals surface area (Å²) in [6.07, 6.45) is 12.6. The van der Waals surface area contributed by atoms with E-state index in [9.17, 15) is 4.79 Å². The van der Waals surface area contributed by atoms with Crippen LogP contribution in [-0.4, -0.2) is 173 Å². The molecule has 4 aromatic heterocycles. The topological polar surface area (TPSA) is 189 Å². The molecule has 1 saturated heterocycles. The van der Waals surface area contributed by atoms with Crippen LogP contribution in [0.1, 0.15) is 63.3 Å². The summed E-state index contributed by atoms with van der Waals surface area (Å²) in [5, 5.41) is 5.67. The molecule has 1 aliphatic heterocycles. The highest BCUT2D eigenvalue weighted by Crippen LogP contribution is 2.34. The lowest BCUT2D eigenvalue weighted by Gasteiger charge is -2.32. The van der Waals surface area contributed by atoms with Gasteiger partial charge in [0.25, 0.3) is 0 Å². The first-order valence-corrected chi connectivity index (χ1v) is 25.6. The zero-order valence-corrected chi connectivity index (χ0v) is 40.8. The predicted molar refractivity (Wildman–Crippen MR) is 259 cm³/mol. The first-order valence-electron chi connectivity index (χ1n) is 23.5. The molecule has 66 heavy (non-hydrogen) atoms. The Morgan fingerprint density at radius 1 is 0.818 bits per heavy atom. The van der Waals surface area contributed by atoms with Crippen LogP contribution in [0.4, 0.5) is 5.82 Å². The monoisotopic (exact) mass is 956 g/mol. The lowest BCUT2D eigenvalue weighted by molar-refractivity contribution is -0.121. The van der Waals surface area contributed by atoms with Crippen molar-refractivity contribution in [3.63, 3.8) is 0 Å². The van der Waals surface area contributed by atoms with Crippen molar-refractivity contribution < 1.29 is 42.7 Å². The van der Waals surface area contributed by atoms with Gasteiger partial charge in [0, 0.05) is 51.3 Å². The summed E-state index contributed by atoms with van der Waals surface area (Å²) in [6.45, 7) is 14.9. The Labute approximate surface area is 398 Å². The van der Waals surface area contributed by atoms with Gasteiger partial charge in [0.1, 0.15) is 11.3 Å². The number of carbonyl (C=O) groups excluding carboxylic acids is 1. The standard InChI is InChI=1S/C47H72N8O9S2/c1-3-4-9-41-53-43-44(45-40(13-34-66-45)52-46(43)48)55(41)37-38-11-15-54(16-12-38)17-19-58-21-23-60-25-27-62-29-31-64-33-32-63-30-28-61-26-24-59-22-20-57-18-14-49-42(56)10-7-5-6-8-39-35-50-47(65-2)51-36-39/h13,34-36,38H,3-5,7,9-12,14-33,37H2,1-2H3,(H2,48,52)(H,49,56). The van der Waals surface area contributed by atoms with Crippen LogP contribution in [0.5, 0.6) is 0 Å². The van der Waals surface area contributed by atoms with Gasteiger partial charge in [-0.05, 0) is 62.4 Å². The number of carbonyl (C=O) groups is 1. The second kappa shape index (κ2) is 33.1. The summed E-state index contributed by atoms with van der Waals surface area (Å²) >= 11 is 3.22. The molecule has 3 N–H and O–H groups in total. The van der Waals surface area contributed by atoms with Crippen molar-refractivity contribution in [3.8, 4) is 11.8 Å². The number of ether oxygens (including phenoxy) is 8. The Bertz CT molecular complexity index is 1990. The number of thioether (sulfide) groups is 1. The maximum Gasteiger partial charge on any atom is 0.220 e. The average Bonchev–Trinajstić information content (AvgIpc) is 3.95. The van der Waals surface area contributed by atoms with E-state index in [2.05, 4.69) is 59.9 Å². The molecule has 0 unspecified atom stereocenters. The number of amides is 1. The second-order valence-electron chi connectivity index (χ2n) is 15.7. The largest absolute Gasteiger partial charge is 0.382 e. The molecule has 5 heterocycles. The number of aryl methyl sites for hydroxylation is 1. The molecule has 19 heteroatoms. The van der Waals surface area contributed by atoms with Crippen molar-refractivity contribution in [1.82, 2.24) is 34.7 Å². The molecule has 0 saturated carbocycles. The maximum absolute atomic E-state index is 12.0. The zero-order valence-electron chi connectivity index (χ0n) is 39.1. The average molecular weight is 957 g/mol. The number of aromatic nitrogens is 5. The van der Waals surface area contributed by atoms with Gasteiger partial charge in [-0.25, -0.2) is 19.9 Å². The van der Waals surface area contributed by atoms with Crippen LogP contribution in [-0.2, 0) is 55.7 Å². The maximum atomic E-state index is 12.0. The van der Waals surface area contributed by atoms with E-state index in [0.717, 1.165) is 85.9 Å². The van der Waals surface area contributed by atoms with Crippen molar-refractivity contribution in [1.29, 1.82) is 0 Å². The minimum absolute atomic E-state index is 0.00807. The van der Waals surface area contributed by atoms with Crippen molar-refractivity contribution in [2.45, 2.75) is 70.0 Å². The van der Waals surface area contributed by atoms with Gasteiger partial charge in [-0.2, -0.15) is 0 Å². The fraction of sp³-hybridized carbons (Fsp3) is 0.681. The number of nitrogens with one attached hydrogen (secondary N) is 1. The van der Waals surface area contributed by atoms with E-state index >= 15 is 0 Å². The van der Waals surface area contributed by atoms with E-state index in [0.29, 0.717) is 143 Å². The van der Waals surface area contributed by atoms with Crippen LogP contribution >= 0.6 is 23.1 Å². The van der Waals surface area contributed by atoms with Crippen molar-refractivity contribution in [2.75, 3.05) is 144 Å². The molecule has 5 rings (SSSR count). The molecule has 0 radical (unpaired) electrons. The number of pyridine rings is 1. The lowest BCUT2D eigenvalue weighted by Crippen LogP contribution is -2.37. The number of hydrogen-bond acceptors (Lipinski definition) is 17. The Kier molecular flexibility index (Phi) is 26.8. The highest BCUT2D eigenvalue weighted by molar-refractivity contribution is 7.98. The van der Waals surface area contributed by atoms with E-state index in [4.69, 9.17) is 48.6 Å². The molecular weight excluding hydrogens is 885 g/mol. The third-order valence-electron chi connectivity index (χ3n) is 10.8. The minimum atomic E-state index is -0.00807. The third kappa shape index (κ3) is 20.4. The molecule has 1 amide bonds. The number of nitrogens with zero attached hydrogens (tertiary/aromatic N) is 6. The molecule has 0 aliphatic carbocycles. The van der Waals surface area contributed by atoms with Gasteiger partial charge in [-0.3, -0.25) is 4.79 Å². The van der Waals surface area contributed by atoms with E-state index in [1.807, 2.05) is 6.26 Å². The molecule has 0 aromatic carbocycles. The molecule has 1 fully saturated rings. The predicted octanol–water partition coefficient (Wildman–Crippen LogP) is 5.27. The number of thiophene rings is 1. The smallest absolute Gasteiger partial charge is 0.220 e. The van der Waals surface area contributed by atoms with E-state index < -0.39 is 0 Å². The Balaban J connectivity index is 0.718. The van der Waals surface area contributed by atoms with E-state index in [1.165, 1.54) is 22.0 Å². The Hall–Kier alpha value is -3.52. The van der Waals surface area contributed by atoms with Crippen LogP contribution in [0.15, 0.2) is 29.0 Å². The molecule has 0 atom stereocenters. The summed E-state index contributed by atoms with van der Waals surface area (Å²) in [5.74, 6) is 8.36. The lowest BCUT2D eigenvalue weighted by atomic mass is 9.96. The summed E-state index contributed by atoms with van der Waals surface area (Å²) in [7, 11) is 0. The number of piperidine rings is 1. The molecule has 4 aromatic rings. The fourth-order valence-corrected chi connectivity index (χ4v) is 8.41.